The number of benzene rings is 1. The summed E-state index contributed by atoms with van der Waals surface area (Å²) in [6.07, 6.45) is -5.49. The highest BCUT2D eigenvalue weighted by Crippen LogP contribution is 2.30. The van der Waals surface area contributed by atoms with Crippen LogP contribution in [0.15, 0.2) is 24.3 Å². The lowest BCUT2D eigenvalue weighted by molar-refractivity contribution is -0.214. The van der Waals surface area contributed by atoms with Gasteiger partial charge in [-0.15, -0.1) is 5.10 Å². The number of carbonyl (C=O) groups is 2. The van der Waals surface area contributed by atoms with Gasteiger partial charge in [0, 0.05) is 11.1 Å². The third-order valence-electron chi connectivity index (χ3n) is 4.26. The third-order valence-corrected chi connectivity index (χ3v) is 4.26. The Morgan fingerprint density at radius 1 is 1.04 bits per heavy atom. The van der Waals surface area contributed by atoms with Crippen LogP contribution in [0.5, 0.6) is 0 Å². The van der Waals surface area contributed by atoms with E-state index in [1.807, 2.05) is 0 Å². The minimum absolute atomic E-state index is 0.105. The molecule has 2 aliphatic rings. The fourth-order valence-corrected chi connectivity index (χ4v) is 2.98. The molecule has 4 rings (SSSR count). The molecule has 0 radical (unpaired) electrons. The molecule has 0 saturated carbocycles. The second-order valence-corrected chi connectivity index (χ2v) is 5.71. The number of rotatable bonds is 1. The lowest BCUT2D eigenvalue weighted by Crippen LogP contribution is -2.51. The summed E-state index contributed by atoms with van der Waals surface area (Å²) in [7, 11) is 0. The molecule has 0 unspecified atom stereocenters. The molecule has 124 valence electrons. The molecule has 1 aromatic heterocycles. The quantitative estimate of drug-likeness (QED) is 0.499. The van der Waals surface area contributed by atoms with Crippen LogP contribution >= 0.6 is 0 Å². The normalized spacial score (nSPS) is 29.3. The second-order valence-electron chi connectivity index (χ2n) is 5.71. The number of aliphatic hydroxyl groups is 3. The molecule has 0 spiro atoms. The first kappa shape index (κ1) is 15.1. The highest BCUT2D eigenvalue weighted by Gasteiger charge is 2.43. The van der Waals surface area contributed by atoms with Crippen molar-refractivity contribution < 1.29 is 29.6 Å². The molecular weight excluding hydrogens is 318 g/mol. The maximum atomic E-state index is 12.7. The summed E-state index contributed by atoms with van der Waals surface area (Å²) in [6.45, 7) is -0.254. The van der Waals surface area contributed by atoms with Gasteiger partial charge in [0.25, 0.3) is 0 Å². The van der Waals surface area contributed by atoms with Gasteiger partial charge in [-0.25, -0.2) is 4.68 Å². The van der Waals surface area contributed by atoms with Gasteiger partial charge >= 0.3 is 0 Å². The van der Waals surface area contributed by atoms with Gasteiger partial charge in [-0.3, -0.25) is 9.59 Å². The Morgan fingerprint density at radius 3 is 2.42 bits per heavy atom. The summed E-state index contributed by atoms with van der Waals surface area (Å²) in [5.74, 6) is -0.918. The van der Waals surface area contributed by atoms with Gasteiger partial charge in [0.2, 0.25) is 11.6 Å². The van der Waals surface area contributed by atoms with Gasteiger partial charge in [0.1, 0.15) is 24.0 Å². The van der Waals surface area contributed by atoms with Crippen LogP contribution < -0.4 is 0 Å². The van der Waals surface area contributed by atoms with Crippen molar-refractivity contribution in [1.29, 1.82) is 0 Å². The molecule has 0 bridgehead atoms. The van der Waals surface area contributed by atoms with Crippen molar-refractivity contribution in [3.05, 3.63) is 46.8 Å². The lowest BCUT2D eigenvalue weighted by atomic mass is 9.90. The van der Waals surface area contributed by atoms with Crippen molar-refractivity contribution in [2.45, 2.75) is 24.5 Å². The minimum Gasteiger partial charge on any atom is -0.388 e. The fourth-order valence-electron chi connectivity index (χ4n) is 2.98. The van der Waals surface area contributed by atoms with Crippen LogP contribution in [0.25, 0.3) is 0 Å². The first-order chi connectivity index (χ1) is 11.5. The number of carbonyl (C=O) groups excluding carboxylic acids is 2. The molecule has 1 aliphatic heterocycles. The van der Waals surface area contributed by atoms with Crippen molar-refractivity contribution in [3.63, 3.8) is 0 Å². The van der Waals surface area contributed by atoms with Crippen molar-refractivity contribution in [3.8, 4) is 0 Å². The topological polar surface area (TPSA) is 135 Å². The smallest absolute Gasteiger partial charge is 0.216 e. The molecule has 2 heterocycles. The van der Waals surface area contributed by atoms with E-state index in [0.717, 1.165) is 4.68 Å². The zero-order chi connectivity index (χ0) is 17.0. The number of hydrogen-bond acceptors (Lipinski definition) is 8. The largest absolute Gasteiger partial charge is 0.388 e. The average Bonchev–Trinajstić information content (AvgIpc) is 3.03. The van der Waals surface area contributed by atoms with Gasteiger partial charge in [0.15, 0.2) is 11.9 Å². The molecule has 9 nitrogen and oxygen atoms in total. The van der Waals surface area contributed by atoms with Gasteiger partial charge in [-0.2, -0.15) is 0 Å². The SMILES string of the molecule is O=C1c2ccccc2C(=O)c2c1nnn2[C@@H]1OC[C@@H](O)[C@H](O)[C@H]1O. The van der Waals surface area contributed by atoms with Gasteiger partial charge in [-0.05, 0) is 0 Å². The standard InChI is InChI=1S/C15H13N3O6/c19-8-5-24-15(14(23)13(8)22)18-10-9(16-17-18)11(20)6-3-1-2-4-7(6)12(10)21/h1-4,8,13-15,19,22-23H,5H2/t8-,13+,14-,15-/m1/s1. The van der Waals surface area contributed by atoms with Gasteiger partial charge in [0.05, 0.1) is 6.61 Å². The van der Waals surface area contributed by atoms with Crippen LogP contribution in [0.3, 0.4) is 0 Å². The average molecular weight is 331 g/mol. The number of aliphatic hydroxyl groups excluding tert-OH is 3. The molecule has 1 aliphatic carbocycles. The number of ether oxygens (including phenoxy) is 1. The zero-order valence-corrected chi connectivity index (χ0v) is 12.2. The highest BCUT2D eigenvalue weighted by atomic mass is 16.5. The number of hydrogen-bond donors (Lipinski definition) is 3. The molecule has 4 atom stereocenters. The van der Waals surface area contributed by atoms with E-state index in [1.54, 1.807) is 12.1 Å². The zero-order valence-electron chi connectivity index (χ0n) is 12.2. The van der Waals surface area contributed by atoms with Crippen molar-refractivity contribution in [1.82, 2.24) is 15.0 Å². The van der Waals surface area contributed by atoms with Gasteiger partial charge in [-0.1, -0.05) is 29.5 Å². The van der Waals surface area contributed by atoms with Crippen LogP contribution in [0.2, 0.25) is 0 Å². The number of ketones is 2. The lowest BCUT2D eigenvalue weighted by Gasteiger charge is -2.35. The fraction of sp³-hybridized carbons (Fsp3) is 0.333. The second kappa shape index (κ2) is 5.28. The Morgan fingerprint density at radius 2 is 1.71 bits per heavy atom. The maximum Gasteiger partial charge on any atom is 0.216 e. The molecule has 24 heavy (non-hydrogen) atoms. The van der Waals surface area contributed by atoms with Crippen molar-refractivity contribution in [2.24, 2.45) is 0 Å². The third kappa shape index (κ3) is 1.96. The van der Waals surface area contributed by atoms with E-state index >= 15 is 0 Å². The van der Waals surface area contributed by atoms with E-state index in [-0.39, 0.29) is 29.1 Å². The van der Waals surface area contributed by atoms with E-state index in [0.29, 0.717) is 0 Å². The van der Waals surface area contributed by atoms with Crippen molar-refractivity contribution in [2.75, 3.05) is 6.61 Å². The summed E-state index contributed by atoms with van der Waals surface area (Å²) in [5, 5.41) is 36.9. The summed E-state index contributed by atoms with van der Waals surface area (Å²) in [4.78, 5) is 25.2. The Bertz CT molecular complexity index is 847. The van der Waals surface area contributed by atoms with Crippen LogP contribution in [-0.2, 0) is 4.74 Å². The van der Waals surface area contributed by atoms with Crippen LogP contribution in [0, 0.1) is 0 Å². The Labute approximate surface area is 135 Å². The predicted molar refractivity (Wildman–Crippen MR) is 76.3 cm³/mol. The summed E-state index contributed by atoms with van der Waals surface area (Å²) >= 11 is 0. The number of aromatic nitrogens is 3. The van der Waals surface area contributed by atoms with Crippen molar-refractivity contribution >= 4 is 11.6 Å². The molecule has 9 heteroatoms. The summed E-state index contributed by atoms with van der Waals surface area (Å²) in [6, 6.07) is 6.33. The maximum absolute atomic E-state index is 12.7. The highest BCUT2D eigenvalue weighted by molar-refractivity contribution is 6.26. The number of nitrogens with zero attached hydrogens (tertiary/aromatic N) is 3. The molecular formula is C15H13N3O6. The van der Waals surface area contributed by atoms with E-state index in [1.165, 1.54) is 12.1 Å². The van der Waals surface area contributed by atoms with E-state index < -0.39 is 36.1 Å². The van der Waals surface area contributed by atoms with E-state index in [9.17, 15) is 24.9 Å². The van der Waals surface area contributed by atoms with Crippen LogP contribution in [-0.4, -0.2) is 66.8 Å². The van der Waals surface area contributed by atoms with Crippen LogP contribution in [0.4, 0.5) is 0 Å². The summed E-state index contributed by atoms with van der Waals surface area (Å²) in [5.41, 5.74) is 0.216. The first-order valence-corrected chi connectivity index (χ1v) is 7.30. The molecule has 1 fully saturated rings. The number of fused-ring (bicyclic) bond motifs is 2. The Hall–Kier alpha value is -2.46. The molecule has 1 aromatic carbocycles. The molecule has 2 aromatic rings. The predicted octanol–water partition coefficient (Wildman–Crippen LogP) is -1.34. The monoisotopic (exact) mass is 331 g/mol. The summed E-state index contributed by atoms with van der Waals surface area (Å²) < 4.78 is 6.28. The minimum atomic E-state index is -1.53. The van der Waals surface area contributed by atoms with Crippen LogP contribution in [0.1, 0.15) is 38.3 Å². The Kier molecular flexibility index (Phi) is 3.32. The van der Waals surface area contributed by atoms with Gasteiger partial charge < -0.3 is 20.1 Å². The molecule has 0 amide bonds. The van der Waals surface area contributed by atoms with E-state index in [2.05, 4.69) is 10.3 Å². The van der Waals surface area contributed by atoms with E-state index in [4.69, 9.17) is 4.74 Å². The molecule has 1 saturated heterocycles. The molecule has 3 N–H and O–H groups in total. The first-order valence-electron chi connectivity index (χ1n) is 7.30. The Balaban J connectivity index is 1.81.